The summed E-state index contributed by atoms with van der Waals surface area (Å²) < 4.78 is 0. The molecule has 5 heteroatoms. The van der Waals surface area contributed by atoms with Crippen molar-refractivity contribution < 1.29 is 4.79 Å². The number of nitrogens with zero attached hydrogens (tertiary/aromatic N) is 2. The minimum atomic E-state index is 0.000331. The third-order valence-corrected chi connectivity index (χ3v) is 5.27. The lowest BCUT2D eigenvalue weighted by atomic mass is 10.00. The Hall–Kier alpha value is -2.24. The molecule has 1 aromatic heterocycles. The smallest absolute Gasteiger partial charge is 0.234 e. The van der Waals surface area contributed by atoms with Crippen LogP contribution in [0.3, 0.4) is 0 Å². The van der Waals surface area contributed by atoms with Gasteiger partial charge in [-0.1, -0.05) is 44.2 Å². The molecule has 0 spiro atoms. The largest absolute Gasteiger partial charge is 0.348 e. The summed E-state index contributed by atoms with van der Waals surface area (Å²) >= 11 is 0. The molecule has 0 saturated carbocycles. The topological polar surface area (TPSA) is 57.3 Å². The molecule has 2 heterocycles. The van der Waals surface area contributed by atoms with Crippen LogP contribution >= 0.6 is 0 Å². The molecule has 1 amide bonds. The summed E-state index contributed by atoms with van der Waals surface area (Å²) in [7, 11) is 0. The summed E-state index contributed by atoms with van der Waals surface area (Å²) in [5, 5.41) is 6.58. The standard InChI is InChI=1S/C23H32N4O/c1-17(2)13-19-6-8-20(9-7-19)18(3)26-23(28)16-27-12-11-25-15-22(27)21-5-4-10-24-14-21/h4-10,14,17-18,22,25H,11-13,15-16H2,1-3H3,(H,26,28). The number of pyridine rings is 1. The molecule has 1 fully saturated rings. The van der Waals surface area contributed by atoms with Gasteiger partial charge in [0.1, 0.15) is 0 Å². The van der Waals surface area contributed by atoms with Gasteiger partial charge in [0.25, 0.3) is 0 Å². The predicted molar refractivity (Wildman–Crippen MR) is 113 cm³/mol. The van der Waals surface area contributed by atoms with Crippen molar-refractivity contribution >= 4 is 5.91 Å². The van der Waals surface area contributed by atoms with Gasteiger partial charge in [0, 0.05) is 38.1 Å². The van der Waals surface area contributed by atoms with E-state index < -0.39 is 0 Å². The van der Waals surface area contributed by atoms with Crippen LogP contribution in [0.2, 0.25) is 0 Å². The Balaban J connectivity index is 1.57. The average Bonchev–Trinajstić information content (AvgIpc) is 2.69. The van der Waals surface area contributed by atoms with E-state index in [0.29, 0.717) is 12.5 Å². The van der Waals surface area contributed by atoms with Gasteiger partial charge in [-0.05, 0) is 42.0 Å². The predicted octanol–water partition coefficient (Wildman–Crippen LogP) is 3.10. The van der Waals surface area contributed by atoms with Gasteiger partial charge in [0.05, 0.1) is 12.6 Å². The van der Waals surface area contributed by atoms with Crippen LogP contribution in [0.4, 0.5) is 0 Å². The zero-order valence-corrected chi connectivity index (χ0v) is 17.2. The molecule has 2 unspecified atom stereocenters. The van der Waals surface area contributed by atoms with E-state index >= 15 is 0 Å². The molecule has 1 aliphatic rings. The number of hydrogen-bond donors (Lipinski definition) is 2. The minimum Gasteiger partial charge on any atom is -0.348 e. The Bertz CT molecular complexity index is 745. The third-order valence-electron chi connectivity index (χ3n) is 5.27. The zero-order chi connectivity index (χ0) is 19.9. The van der Waals surface area contributed by atoms with Crippen molar-refractivity contribution in [2.75, 3.05) is 26.2 Å². The second kappa shape index (κ2) is 9.80. The SMILES string of the molecule is CC(C)Cc1ccc(C(C)NC(=O)CN2CCNCC2c2cccnc2)cc1. The number of hydrogen-bond acceptors (Lipinski definition) is 4. The van der Waals surface area contributed by atoms with E-state index in [4.69, 9.17) is 0 Å². The zero-order valence-electron chi connectivity index (χ0n) is 17.2. The van der Waals surface area contributed by atoms with Gasteiger partial charge in [0.15, 0.2) is 0 Å². The minimum absolute atomic E-state index is 0.000331. The third kappa shape index (κ3) is 5.63. The highest BCUT2D eigenvalue weighted by Gasteiger charge is 2.26. The van der Waals surface area contributed by atoms with Crippen LogP contribution in [0.1, 0.15) is 49.5 Å². The first-order valence-corrected chi connectivity index (χ1v) is 10.3. The van der Waals surface area contributed by atoms with Gasteiger partial charge < -0.3 is 10.6 Å². The maximum Gasteiger partial charge on any atom is 0.234 e. The molecule has 150 valence electrons. The number of carbonyl (C=O) groups excluding carboxylic acids is 1. The van der Waals surface area contributed by atoms with Crippen LogP contribution in [0.25, 0.3) is 0 Å². The van der Waals surface area contributed by atoms with Crippen molar-refractivity contribution in [3.05, 3.63) is 65.5 Å². The fraction of sp³-hybridized carbons (Fsp3) is 0.478. The molecule has 5 nitrogen and oxygen atoms in total. The van der Waals surface area contributed by atoms with Crippen LogP contribution in [0, 0.1) is 5.92 Å². The molecule has 0 bridgehead atoms. The summed E-state index contributed by atoms with van der Waals surface area (Å²) in [6, 6.07) is 12.8. The summed E-state index contributed by atoms with van der Waals surface area (Å²) in [5.74, 6) is 0.712. The molecule has 2 atom stereocenters. The molecular formula is C23H32N4O. The van der Waals surface area contributed by atoms with Crippen LogP contribution in [-0.2, 0) is 11.2 Å². The Morgan fingerprint density at radius 3 is 2.71 bits per heavy atom. The monoisotopic (exact) mass is 380 g/mol. The van der Waals surface area contributed by atoms with Crippen molar-refractivity contribution in [3.63, 3.8) is 0 Å². The first-order chi connectivity index (χ1) is 13.5. The second-order valence-corrected chi connectivity index (χ2v) is 8.11. The summed E-state index contributed by atoms with van der Waals surface area (Å²) in [6.45, 7) is 9.49. The fourth-order valence-electron chi connectivity index (χ4n) is 3.81. The Labute approximate surface area is 168 Å². The fourth-order valence-corrected chi connectivity index (χ4v) is 3.81. The van der Waals surface area contributed by atoms with E-state index in [1.54, 1.807) is 6.20 Å². The quantitative estimate of drug-likeness (QED) is 0.775. The molecule has 2 N–H and O–H groups in total. The summed E-state index contributed by atoms with van der Waals surface area (Å²) in [5.41, 5.74) is 3.64. The van der Waals surface area contributed by atoms with Crippen LogP contribution < -0.4 is 10.6 Å². The van der Waals surface area contributed by atoms with Gasteiger partial charge in [-0.3, -0.25) is 14.7 Å². The van der Waals surface area contributed by atoms with Crippen molar-refractivity contribution in [2.45, 2.75) is 39.3 Å². The molecule has 1 saturated heterocycles. The van der Waals surface area contributed by atoms with Crippen molar-refractivity contribution in [1.29, 1.82) is 0 Å². The lowest BCUT2D eigenvalue weighted by molar-refractivity contribution is -0.123. The highest BCUT2D eigenvalue weighted by atomic mass is 16.2. The van der Waals surface area contributed by atoms with Gasteiger partial charge in [-0.2, -0.15) is 0 Å². The number of carbonyl (C=O) groups is 1. The first kappa shape index (κ1) is 20.5. The molecule has 1 aromatic carbocycles. The lowest BCUT2D eigenvalue weighted by Crippen LogP contribution is -2.49. The van der Waals surface area contributed by atoms with E-state index in [1.807, 2.05) is 19.2 Å². The number of aromatic nitrogens is 1. The van der Waals surface area contributed by atoms with E-state index in [9.17, 15) is 4.79 Å². The Morgan fingerprint density at radius 1 is 1.25 bits per heavy atom. The highest BCUT2D eigenvalue weighted by molar-refractivity contribution is 5.78. The molecule has 0 radical (unpaired) electrons. The summed E-state index contributed by atoms with van der Waals surface area (Å²) in [6.07, 6.45) is 4.76. The van der Waals surface area contributed by atoms with Crippen molar-refractivity contribution in [3.8, 4) is 0 Å². The number of piperazine rings is 1. The molecule has 3 rings (SSSR count). The van der Waals surface area contributed by atoms with E-state index in [-0.39, 0.29) is 18.0 Å². The van der Waals surface area contributed by atoms with Gasteiger partial charge in [-0.25, -0.2) is 0 Å². The maximum absolute atomic E-state index is 12.7. The Morgan fingerprint density at radius 2 is 2.04 bits per heavy atom. The first-order valence-electron chi connectivity index (χ1n) is 10.3. The van der Waals surface area contributed by atoms with E-state index in [0.717, 1.165) is 37.2 Å². The molecule has 0 aliphatic carbocycles. The highest BCUT2D eigenvalue weighted by Crippen LogP contribution is 2.21. The molecule has 1 aliphatic heterocycles. The van der Waals surface area contributed by atoms with Crippen LogP contribution in [0.15, 0.2) is 48.8 Å². The molecule has 28 heavy (non-hydrogen) atoms. The second-order valence-electron chi connectivity index (χ2n) is 8.11. The van der Waals surface area contributed by atoms with Crippen molar-refractivity contribution in [2.24, 2.45) is 5.92 Å². The maximum atomic E-state index is 12.7. The summed E-state index contributed by atoms with van der Waals surface area (Å²) in [4.78, 5) is 19.2. The van der Waals surface area contributed by atoms with E-state index in [2.05, 4.69) is 64.7 Å². The normalized spacial score (nSPS) is 18.8. The molecule has 2 aromatic rings. The van der Waals surface area contributed by atoms with E-state index in [1.165, 1.54) is 5.56 Å². The van der Waals surface area contributed by atoms with Crippen molar-refractivity contribution in [1.82, 2.24) is 20.5 Å². The average molecular weight is 381 g/mol. The number of rotatable bonds is 7. The number of nitrogens with one attached hydrogen (secondary N) is 2. The van der Waals surface area contributed by atoms with Crippen LogP contribution in [-0.4, -0.2) is 42.0 Å². The number of benzene rings is 1. The Kier molecular flexibility index (Phi) is 7.18. The number of amides is 1. The van der Waals surface area contributed by atoms with Crippen LogP contribution in [0.5, 0.6) is 0 Å². The molecular weight excluding hydrogens is 348 g/mol. The van der Waals surface area contributed by atoms with Gasteiger partial charge >= 0.3 is 0 Å². The van der Waals surface area contributed by atoms with Gasteiger partial charge in [0.2, 0.25) is 5.91 Å². The lowest BCUT2D eigenvalue weighted by Gasteiger charge is -2.36. The van der Waals surface area contributed by atoms with Gasteiger partial charge in [-0.15, -0.1) is 0 Å².